The predicted octanol–water partition coefficient (Wildman–Crippen LogP) is 3.90. The molecule has 0 saturated carbocycles. The Bertz CT molecular complexity index is 322. The second kappa shape index (κ2) is 8.44. The lowest BCUT2D eigenvalue weighted by atomic mass is 10.1. The third-order valence-corrected chi connectivity index (χ3v) is 3.92. The first-order valence-corrected chi connectivity index (χ1v) is 7.77. The number of hydrogen-bond acceptors (Lipinski definition) is 3. The summed E-state index contributed by atoms with van der Waals surface area (Å²) in [5.74, 6) is 3.40. The Morgan fingerprint density at radius 2 is 1.83 bits per heavy atom. The average molecular weight is 268 g/mol. The van der Waals surface area contributed by atoms with Gasteiger partial charge < -0.3 is 9.84 Å². The van der Waals surface area contributed by atoms with Gasteiger partial charge in [-0.2, -0.15) is 11.8 Å². The van der Waals surface area contributed by atoms with Crippen LogP contribution in [-0.2, 0) is 0 Å². The van der Waals surface area contributed by atoms with Crippen LogP contribution in [0.3, 0.4) is 0 Å². The van der Waals surface area contributed by atoms with E-state index in [1.807, 2.05) is 24.3 Å². The van der Waals surface area contributed by atoms with Gasteiger partial charge in [0.25, 0.3) is 0 Å². The van der Waals surface area contributed by atoms with Gasteiger partial charge in [-0.25, -0.2) is 0 Å². The zero-order valence-electron chi connectivity index (χ0n) is 11.6. The Morgan fingerprint density at radius 1 is 1.17 bits per heavy atom. The molecule has 0 saturated heterocycles. The maximum atomic E-state index is 10.0. The van der Waals surface area contributed by atoms with E-state index >= 15 is 0 Å². The summed E-state index contributed by atoms with van der Waals surface area (Å²) in [7, 11) is 0. The molecule has 0 aliphatic carbocycles. The van der Waals surface area contributed by atoms with Crippen LogP contribution in [0.1, 0.15) is 38.9 Å². The Labute approximate surface area is 115 Å². The molecule has 0 bridgehead atoms. The quantitative estimate of drug-likeness (QED) is 0.775. The third-order valence-electron chi connectivity index (χ3n) is 2.46. The summed E-state index contributed by atoms with van der Waals surface area (Å²) in [6, 6.07) is 7.76. The zero-order valence-corrected chi connectivity index (χ0v) is 12.4. The summed E-state index contributed by atoms with van der Waals surface area (Å²) >= 11 is 1.80. The maximum absolute atomic E-state index is 10.0. The summed E-state index contributed by atoms with van der Waals surface area (Å²) in [5.41, 5.74) is 0.968. The van der Waals surface area contributed by atoms with E-state index in [0.29, 0.717) is 5.92 Å². The Morgan fingerprint density at radius 3 is 2.39 bits per heavy atom. The topological polar surface area (TPSA) is 29.5 Å². The van der Waals surface area contributed by atoms with Crippen LogP contribution in [0.2, 0.25) is 0 Å². The Balaban J connectivity index is 2.40. The number of hydrogen-bond donors (Lipinski definition) is 1. The standard InChI is InChI=1S/C15H24O2S/c1-4-9-17-14-7-5-13(6-8-14)15(16)11-18-10-12(2)3/h5-8,12,15-16H,4,9-11H2,1-3H3. The van der Waals surface area contributed by atoms with Gasteiger partial charge in [-0.15, -0.1) is 0 Å². The molecule has 1 rings (SSSR count). The highest BCUT2D eigenvalue weighted by atomic mass is 32.2. The van der Waals surface area contributed by atoms with Crippen molar-refractivity contribution in [3.05, 3.63) is 29.8 Å². The highest BCUT2D eigenvalue weighted by molar-refractivity contribution is 7.99. The summed E-state index contributed by atoms with van der Waals surface area (Å²) in [5, 5.41) is 10.0. The lowest BCUT2D eigenvalue weighted by molar-refractivity contribution is 0.204. The summed E-state index contributed by atoms with van der Waals surface area (Å²) in [4.78, 5) is 0. The van der Waals surface area contributed by atoms with Crippen molar-refractivity contribution in [1.82, 2.24) is 0 Å². The van der Waals surface area contributed by atoms with Crippen molar-refractivity contribution in [3.8, 4) is 5.75 Å². The van der Waals surface area contributed by atoms with Gasteiger partial charge in [0.1, 0.15) is 5.75 Å². The predicted molar refractivity (Wildman–Crippen MR) is 79.4 cm³/mol. The molecular weight excluding hydrogens is 244 g/mol. The molecule has 1 aromatic rings. The maximum Gasteiger partial charge on any atom is 0.119 e. The van der Waals surface area contributed by atoms with Crippen molar-refractivity contribution in [3.63, 3.8) is 0 Å². The van der Waals surface area contributed by atoms with E-state index < -0.39 is 0 Å². The zero-order chi connectivity index (χ0) is 13.4. The van der Waals surface area contributed by atoms with Crippen LogP contribution in [0, 0.1) is 5.92 Å². The van der Waals surface area contributed by atoms with Crippen LogP contribution < -0.4 is 4.74 Å². The molecule has 0 heterocycles. The minimum atomic E-state index is -0.381. The number of rotatable bonds is 8. The SMILES string of the molecule is CCCOc1ccc(C(O)CSCC(C)C)cc1. The van der Waals surface area contributed by atoms with E-state index in [4.69, 9.17) is 4.74 Å². The third kappa shape index (κ3) is 5.78. The van der Waals surface area contributed by atoms with Gasteiger partial charge in [-0.1, -0.05) is 32.9 Å². The van der Waals surface area contributed by atoms with E-state index in [1.165, 1.54) is 0 Å². The van der Waals surface area contributed by atoms with Crippen LogP contribution in [0.15, 0.2) is 24.3 Å². The van der Waals surface area contributed by atoms with Crippen LogP contribution in [0.25, 0.3) is 0 Å². The fraction of sp³-hybridized carbons (Fsp3) is 0.600. The van der Waals surface area contributed by atoms with Gasteiger partial charge in [0.15, 0.2) is 0 Å². The molecule has 102 valence electrons. The van der Waals surface area contributed by atoms with E-state index in [-0.39, 0.29) is 6.10 Å². The van der Waals surface area contributed by atoms with Crippen molar-refractivity contribution < 1.29 is 9.84 Å². The Kier molecular flexibility index (Phi) is 7.21. The minimum absolute atomic E-state index is 0.381. The molecule has 2 nitrogen and oxygen atoms in total. The number of ether oxygens (including phenoxy) is 1. The molecule has 0 radical (unpaired) electrons. The normalized spacial score (nSPS) is 12.7. The van der Waals surface area contributed by atoms with Gasteiger partial charge in [0.2, 0.25) is 0 Å². The first-order chi connectivity index (χ1) is 8.63. The summed E-state index contributed by atoms with van der Waals surface area (Å²) < 4.78 is 5.52. The lowest BCUT2D eigenvalue weighted by Gasteiger charge is -2.12. The lowest BCUT2D eigenvalue weighted by Crippen LogP contribution is -2.03. The fourth-order valence-corrected chi connectivity index (χ4v) is 2.54. The van der Waals surface area contributed by atoms with Gasteiger partial charge >= 0.3 is 0 Å². The minimum Gasteiger partial charge on any atom is -0.494 e. The highest BCUT2D eigenvalue weighted by Crippen LogP contribution is 2.22. The molecule has 0 amide bonds. The molecule has 0 aliphatic rings. The molecule has 0 spiro atoms. The van der Waals surface area contributed by atoms with Crippen LogP contribution >= 0.6 is 11.8 Å². The molecule has 1 aromatic carbocycles. The fourth-order valence-electron chi connectivity index (χ4n) is 1.52. The van der Waals surface area contributed by atoms with Crippen molar-refractivity contribution in [2.75, 3.05) is 18.1 Å². The highest BCUT2D eigenvalue weighted by Gasteiger charge is 2.08. The second-order valence-electron chi connectivity index (χ2n) is 4.86. The molecule has 3 heteroatoms. The number of aliphatic hydroxyl groups excluding tert-OH is 1. The monoisotopic (exact) mass is 268 g/mol. The van der Waals surface area contributed by atoms with Crippen molar-refractivity contribution in [2.45, 2.75) is 33.3 Å². The number of benzene rings is 1. The molecule has 0 aliphatic heterocycles. The van der Waals surface area contributed by atoms with E-state index in [2.05, 4.69) is 20.8 Å². The summed E-state index contributed by atoms with van der Waals surface area (Å²) in [6.07, 6.45) is 0.630. The van der Waals surface area contributed by atoms with Gasteiger partial charge in [-0.05, 0) is 35.8 Å². The molecule has 1 atom stereocenters. The van der Waals surface area contributed by atoms with Crippen LogP contribution in [0.4, 0.5) is 0 Å². The second-order valence-corrected chi connectivity index (χ2v) is 5.94. The molecular formula is C15H24O2S. The largest absolute Gasteiger partial charge is 0.494 e. The molecule has 18 heavy (non-hydrogen) atoms. The van der Waals surface area contributed by atoms with Crippen LogP contribution in [-0.4, -0.2) is 23.2 Å². The Hall–Kier alpha value is -0.670. The van der Waals surface area contributed by atoms with Crippen LogP contribution in [0.5, 0.6) is 5.75 Å². The van der Waals surface area contributed by atoms with E-state index in [1.54, 1.807) is 11.8 Å². The number of aliphatic hydroxyl groups is 1. The molecule has 0 aromatic heterocycles. The first-order valence-electron chi connectivity index (χ1n) is 6.62. The summed E-state index contributed by atoms with van der Waals surface area (Å²) in [6.45, 7) is 7.22. The van der Waals surface area contributed by atoms with Gasteiger partial charge in [0.05, 0.1) is 12.7 Å². The molecule has 1 N–H and O–H groups in total. The van der Waals surface area contributed by atoms with Gasteiger partial charge in [-0.3, -0.25) is 0 Å². The molecule has 1 unspecified atom stereocenters. The average Bonchev–Trinajstić information content (AvgIpc) is 2.36. The molecule has 0 fully saturated rings. The first kappa shape index (κ1) is 15.4. The number of thioether (sulfide) groups is 1. The van der Waals surface area contributed by atoms with Crippen molar-refractivity contribution >= 4 is 11.8 Å². The van der Waals surface area contributed by atoms with Crippen molar-refractivity contribution in [2.24, 2.45) is 5.92 Å². The van der Waals surface area contributed by atoms with Crippen molar-refractivity contribution in [1.29, 1.82) is 0 Å². The smallest absolute Gasteiger partial charge is 0.119 e. The van der Waals surface area contributed by atoms with E-state index in [9.17, 15) is 5.11 Å². The van der Waals surface area contributed by atoms with Gasteiger partial charge in [0, 0.05) is 5.75 Å². The van der Waals surface area contributed by atoms with E-state index in [0.717, 1.165) is 35.8 Å².